The fraction of sp³-hybridized carbons (Fsp3) is 0.917. The second-order valence-electron chi connectivity index (χ2n) is 5.46. The molecule has 11 nitrogen and oxygen atoms in total. The molecule has 0 fully saturated rings. The van der Waals surface area contributed by atoms with Crippen LogP contribution in [0.2, 0.25) is 0 Å². The van der Waals surface area contributed by atoms with Gasteiger partial charge in [0.05, 0.1) is 26.0 Å². The predicted octanol–water partition coefficient (Wildman–Crippen LogP) is 2.60. The van der Waals surface area contributed by atoms with Crippen LogP contribution in [0, 0.1) is 0 Å². The molecule has 0 amide bonds. The van der Waals surface area contributed by atoms with Crippen molar-refractivity contribution in [2.24, 2.45) is 0 Å². The molecule has 0 saturated carbocycles. The molecule has 156 valence electrons. The number of rotatable bonds is 14. The Morgan fingerprint density at radius 1 is 0.808 bits per heavy atom. The molecule has 3 atom stereocenters. The average molecular weight is 440 g/mol. The van der Waals surface area contributed by atoms with Crippen LogP contribution >= 0.6 is 22.8 Å². The fourth-order valence-corrected chi connectivity index (χ4v) is 9.00. The second kappa shape index (κ2) is 10.5. The summed E-state index contributed by atoms with van der Waals surface area (Å²) < 4.78 is 51.5. The minimum Gasteiger partial charge on any atom is -0.480 e. The summed E-state index contributed by atoms with van der Waals surface area (Å²) in [7, 11) is -15.7. The minimum absolute atomic E-state index is 0.189. The molecule has 0 radical (unpaired) electrons. The van der Waals surface area contributed by atoms with E-state index in [1.165, 1.54) is 0 Å². The summed E-state index contributed by atoms with van der Waals surface area (Å²) in [5.74, 6) is -2.27. The Balaban J connectivity index is 6.35. The first-order valence-corrected chi connectivity index (χ1v) is 12.9. The van der Waals surface area contributed by atoms with Crippen molar-refractivity contribution < 1.29 is 51.8 Å². The van der Waals surface area contributed by atoms with Gasteiger partial charge in [-0.2, -0.15) is 0 Å². The third kappa shape index (κ3) is 6.23. The SMILES string of the molecule is CCCOP(=O)(O)CC(C(=O)O)(P(=O)(O)OCCC)P(=O)(O)OCCC. The number of carboxylic acid groups (broad SMARTS) is 1. The summed E-state index contributed by atoms with van der Waals surface area (Å²) in [5, 5.41) is 9.57. The highest BCUT2D eigenvalue weighted by atomic mass is 31.2. The Morgan fingerprint density at radius 2 is 1.15 bits per heavy atom. The van der Waals surface area contributed by atoms with Crippen LogP contribution in [0.1, 0.15) is 40.0 Å². The van der Waals surface area contributed by atoms with Gasteiger partial charge in [0.25, 0.3) is 4.90 Å². The maximum Gasteiger partial charge on any atom is 0.358 e. The lowest BCUT2D eigenvalue weighted by Crippen LogP contribution is -2.43. The van der Waals surface area contributed by atoms with Crippen LogP contribution in [0.5, 0.6) is 0 Å². The predicted molar refractivity (Wildman–Crippen MR) is 93.4 cm³/mol. The Labute approximate surface area is 152 Å². The van der Waals surface area contributed by atoms with Gasteiger partial charge in [0, 0.05) is 0 Å². The monoisotopic (exact) mass is 440 g/mol. The lowest BCUT2D eigenvalue weighted by atomic mass is 10.5. The van der Waals surface area contributed by atoms with Gasteiger partial charge in [0.1, 0.15) is 0 Å². The van der Waals surface area contributed by atoms with Gasteiger partial charge in [-0.3, -0.25) is 18.5 Å². The van der Waals surface area contributed by atoms with E-state index in [2.05, 4.69) is 13.6 Å². The molecule has 14 heteroatoms. The second-order valence-corrected chi connectivity index (χ2v) is 11.8. The Hall–Kier alpha value is -0.0800. The molecule has 3 unspecified atom stereocenters. The number of hydrogen-bond acceptors (Lipinski definition) is 7. The van der Waals surface area contributed by atoms with E-state index in [9.17, 15) is 38.3 Å². The number of carboxylic acids is 1. The maximum absolute atomic E-state index is 12.7. The van der Waals surface area contributed by atoms with Crippen molar-refractivity contribution in [1.82, 2.24) is 0 Å². The highest BCUT2D eigenvalue weighted by Crippen LogP contribution is 2.76. The highest BCUT2D eigenvalue weighted by Gasteiger charge is 2.71. The first-order valence-electron chi connectivity index (χ1n) is 7.98. The van der Waals surface area contributed by atoms with Crippen molar-refractivity contribution in [3.8, 4) is 0 Å². The summed E-state index contributed by atoms with van der Waals surface area (Å²) in [6.45, 7) is 3.61. The third-order valence-corrected chi connectivity index (χ3v) is 10.2. The van der Waals surface area contributed by atoms with Gasteiger partial charge in [-0.15, -0.1) is 0 Å². The van der Waals surface area contributed by atoms with Crippen LogP contribution in [0.25, 0.3) is 0 Å². The zero-order valence-corrected chi connectivity index (χ0v) is 17.6. The van der Waals surface area contributed by atoms with Gasteiger partial charge >= 0.3 is 28.8 Å². The molecule has 0 aliphatic heterocycles. The van der Waals surface area contributed by atoms with Crippen LogP contribution in [-0.4, -0.2) is 56.6 Å². The van der Waals surface area contributed by atoms with Gasteiger partial charge in [-0.05, 0) is 19.3 Å². The largest absolute Gasteiger partial charge is 0.480 e. The molecule has 0 aromatic heterocycles. The minimum atomic E-state index is -5.45. The molecular formula is C12H27O11P3. The lowest BCUT2D eigenvalue weighted by molar-refractivity contribution is -0.138. The zero-order chi connectivity index (χ0) is 20.6. The van der Waals surface area contributed by atoms with E-state index in [1.54, 1.807) is 20.8 Å². The number of aliphatic carboxylic acids is 1. The van der Waals surface area contributed by atoms with Crippen LogP contribution in [0.3, 0.4) is 0 Å². The normalized spacial score (nSPS) is 21.2. The van der Waals surface area contributed by atoms with E-state index >= 15 is 0 Å². The van der Waals surface area contributed by atoms with Gasteiger partial charge in [-0.1, -0.05) is 20.8 Å². The summed E-state index contributed by atoms with van der Waals surface area (Å²) >= 11 is 0. The van der Waals surface area contributed by atoms with Crippen LogP contribution in [0.15, 0.2) is 0 Å². The molecule has 0 aromatic carbocycles. The molecule has 0 spiro atoms. The molecular weight excluding hydrogens is 413 g/mol. The van der Waals surface area contributed by atoms with Crippen molar-refractivity contribution >= 4 is 28.8 Å². The van der Waals surface area contributed by atoms with Crippen molar-refractivity contribution in [2.45, 2.75) is 44.9 Å². The molecule has 0 bridgehead atoms. The summed E-state index contributed by atoms with van der Waals surface area (Å²) in [6, 6.07) is 0. The summed E-state index contributed by atoms with van der Waals surface area (Å²) in [5.41, 5.74) is 0. The van der Waals surface area contributed by atoms with Gasteiger partial charge in [-0.25, -0.2) is 0 Å². The number of hydrogen-bond donors (Lipinski definition) is 4. The molecule has 0 aliphatic carbocycles. The highest BCUT2D eigenvalue weighted by molar-refractivity contribution is 7.76. The molecule has 0 aliphatic rings. The van der Waals surface area contributed by atoms with Gasteiger partial charge in [0.2, 0.25) is 0 Å². The Bertz CT molecular complexity index is 577. The van der Waals surface area contributed by atoms with Crippen molar-refractivity contribution in [3.05, 3.63) is 0 Å². The topological polar surface area (TPSA) is 177 Å². The van der Waals surface area contributed by atoms with E-state index in [1.807, 2.05) is 0 Å². The van der Waals surface area contributed by atoms with E-state index in [0.29, 0.717) is 0 Å². The molecule has 0 aromatic rings. The molecule has 4 N–H and O–H groups in total. The summed E-state index contributed by atoms with van der Waals surface area (Å²) in [6.07, 6.45) is -0.953. The van der Waals surface area contributed by atoms with E-state index < -0.39 is 53.0 Å². The molecule has 0 saturated heterocycles. The zero-order valence-electron chi connectivity index (χ0n) is 14.9. The molecule has 0 heterocycles. The van der Waals surface area contributed by atoms with Crippen LogP contribution in [0.4, 0.5) is 0 Å². The van der Waals surface area contributed by atoms with Crippen LogP contribution in [-0.2, 0) is 32.1 Å². The van der Waals surface area contributed by atoms with Crippen molar-refractivity contribution in [1.29, 1.82) is 0 Å². The van der Waals surface area contributed by atoms with Gasteiger partial charge < -0.3 is 33.4 Å². The lowest BCUT2D eigenvalue weighted by Gasteiger charge is -2.35. The average Bonchev–Trinajstić information content (AvgIpc) is 2.53. The van der Waals surface area contributed by atoms with E-state index in [-0.39, 0.29) is 25.9 Å². The van der Waals surface area contributed by atoms with Crippen molar-refractivity contribution in [3.63, 3.8) is 0 Å². The maximum atomic E-state index is 12.7. The number of carbonyl (C=O) groups is 1. The summed E-state index contributed by atoms with van der Waals surface area (Å²) in [4.78, 5) is 38.6. The first kappa shape index (κ1) is 25.9. The van der Waals surface area contributed by atoms with Gasteiger partial charge in [0.15, 0.2) is 0 Å². The van der Waals surface area contributed by atoms with Crippen molar-refractivity contribution in [2.75, 3.05) is 26.0 Å². The third-order valence-electron chi connectivity index (χ3n) is 3.14. The quantitative estimate of drug-likeness (QED) is 0.292. The smallest absolute Gasteiger partial charge is 0.358 e. The van der Waals surface area contributed by atoms with E-state index in [0.717, 1.165) is 0 Å². The first-order chi connectivity index (χ1) is 11.8. The Kier molecular flexibility index (Phi) is 10.4. The molecule has 0 rings (SSSR count). The van der Waals surface area contributed by atoms with E-state index in [4.69, 9.17) is 0 Å². The molecule has 26 heavy (non-hydrogen) atoms. The fourth-order valence-electron chi connectivity index (χ4n) is 1.85. The van der Waals surface area contributed by atoms with Crippen LogP contribution < -0.4 is 0 Å². The Morgan fingerprint density at radius 3 is 1.46 bits per heavy atom. The standard InChI is InChI=1S/C12H27O11P3/c1-4-7-21-24(15,16)10-12(11(13)14,25(17,18)22-8-5-2)26(19,20)23-9-6-3/h4-10H2,1-3H3,(H,13,14)(H,15,16)(H,17,18)(H,19,20).